The molecule has 0 heterocycles. The van der Waals surface area contributed by atoms with Gasteiger partial charge < -0.3 is 16.0 Å². The summed E-state index contributed by atoms with van der Waals surface area (Å²) < 4.78 is 0. The monoisotopic (exact) mass is 259 g/mol. The molecule has 0 atom stereocenters. The molecule has 3 N–H and O–H groups in total. The van der Waals surface area contributed by atoms with Gasteiger partial charge >= 0.3 is 24.4 Å². The molecule has 4 heteroatoms. The molecule has 0 unspecified atom stereocenters. The Balaban J connectivity index is -0.0000000257. The zero-order valence-electron chi connectivity index (χ0n) is 8.21. The number of rotatable bonds is 0. The number of nitrogens with one attached hydrogen (secondary N) is 3. The minimum absolute atomic E-state index is 0. The first-order valence-electron chi connectivity index (χ1n) is 3.00. The standard InChI is InChI=1S/3C2H7N.Sb.3H/c3*1-3-2;;;;/h3*3H,1-2H3;;;;. The van der Waals surface area contributed by atoms with Gasteiger partial charge in [0.15, 0.2) is 0 Å². The van der Waals surface area contributed by atoms with Gasteiger partial charge in [0, 0.05) is 0 Å². The van der Waals surface area contributed by atoms with E-state index in [-0.39, 0.29) is 24.4 Å². The van der Waals surface area contributed by atoms with Crippen molar-refractivity contribution in [3.8, 4) is 0 Å². The van der Waals surface area contributed by atoms with E-state index < -0.39 is 0 Å². The molecule has 0 aromatic rings. The Labute approximate surface area is 82.8 Å². The van der Waals surface area contributed by atoms with E-state index in [0.717, 1.165) is 0 Å². The zero-order chi connectivity index (χ0) is 8.12. The molecule has 0 saturated carbocycles. The normalized spacial score (nSPS) is 5.40. The molecule has 0 bridgehead atoms. The summed E-state index contributed by atoms with van der Waals surface area (Å²) >= 11 is 0. The van der Waals surface area contributed by atoms with Crippen LogP contribution in [-0.2, 0) is 0 Å². The Morgan fingerprint density at radius 1 is 0.500 bits per heavy atom. The Bertz CT molecular complexity index is 17.7. The molecule has 0 radical (unpaired) electrons. The van der Waals surface area contributed by atoms with E-state index in [1.807, 2.05) is 42.3 Å². The van der Waals surface area contributed by atoms with Gasteiger partial charge in [-0.15, -0.1) is 0 Å². The fourth-order valence-corrected chi connectivity index (χ4v) is 0. The fourth-order valence-electron chi connectivity index (χ4n) is 0. The van der Waals surface area contributed by atoms with Crippen LogP contribution in [0.25, 0.3) is 0 Å². The summed E-state index contributed by atoms with van der Waals surface area (Å²) in [6.07, 6.45) is 0. The SMILES string of the molecule is CNC.CNC.CNC.[SbH3]. The molecule has 0 aromatic heterocycles. The van der Waals surface area contributed by atoms with E-state index in [0.29, 0.717) is 0 Å². The van der Waals surface area contributed by atoms with Crippen molar-refractivity contribution in [2.45, 2.75) is 0 Å². The molecule has 10 heavy (non-hydrogen) atoms. The predicted octanol–water partition coefficient (Wildman–Crippen LogP) is -1.68. The number of hydrogen-bond donors (Lipinski definition) is 3. The molecule has 0 spiro atoms. The second-order valence-electron chi connectivity index (χ2n) is 1.50. The third kappa shape index (κ3) is 1060. The topological polar surface area (TPSA) is 36.1 Å². The van der Waals surface area contributed by atoms with Crippen LogP contribution < -0.4 is 16.0 Å². The van der Waals surface area contributed by atoms with Gasteiger partial charge in [-0.1, -0.05) is 0 Å². The van der Waals surface area contributed by atoms with Crippen molar-refractivity contribution >= 4 is 24.4 Å². The summed E-state index contributed by atoms with van der Waals surface area (Å²) in [4.78, 5) is 0. The molecule has 68 valence electrons. The van der Waals surface area contributed by atoms with E-state index in [9.17, 15) is 0 Å². The quantitative estimate of drug-likeness (QED) is 0.455. The van der Waals surface area contributed by atoms with Crippen molar-refractivity contribution < 1.29 is 0 Å². The molecule has 0 aliphatic heterocycles. The summed E-state index contributed by atoms with van der Waals surface area (Å²) in [6.45, 7) is 0. The van der Waals surface area contributed by atoms with E-state index in [1.54, 1.807) is 0 Å². The van der Waals surface area contributed by atoms with E-state index in [2.05, 4.69) is 16.0 Å². The molecule has 0 fully saturated rings. The Kier molecular flexibility index (Phi) is 120. The average Bonchev–Trinajstić information content (AvgIpc) is 1.70. The van der Waals surface area contributed by atoms with Crippen LogP contribution in [-0.4, -0.2) is 66.7 Å². The Morgan fingerprint density at radius 3 is 0.500 bits per heavy atom. The third-order valence-corrected chi connectivity index (χ3v) is 0. The van der Waals surface area contributed by atoms with Gasteiger partial charge in [-0.05, 0) is 42.3 Å². The fraction of sp³-hybridized carbons (Fsp3) is 1.00. The van der Waals surface area contributed by atoms with Crippen LogP contribution in [0.3, 0.4) is 0 Å². The van der Waals surface area contributed by atoms with Gasteiger partial charge in [0.1, 0.15) is 0 Å². The molecule has 0 aromatic carbocycles. The van der Waals surface area contributed by atoms with Gasteiger partial charge in [-0.3, -0.25) is 0 Å². The molecule has 0 aliphatic carbocycles. The van der Waals surface area contributed by atoms with Crippen LogP contribution in [0.2, 0.25) is 0 Å². The minimum atomic E-state index is 0. The van der Waals surface area contributed by atoms with Crippen LogP contribution in [0.1, 0.15) is 0 Å². The van der Waals surface area contributed by atoms with Crippen molar-refractivity contribution in [3.05, 3.63) is 0 Å². The van der Waals surface area contributed by atoms with Crippen molar-refractivity contribution in [1.82, 2.24) is 16.0 Å². The molecular weight excluding hydrogens is 236 g/mol. The Hall–Kier alpha value is 0.698. The first-order valence-corrected chi connectivity index (χ1v) is 3.00. The number of hydrogen-bond acceptors (Lipinski definition) is 3. The van der Waals surface area contributed by atoms with Gasteiger partial charge in [0.2, 0.25) is 0 Å². The summed E-state index contributed by atoms with van der Waals surface area (Å²) in [5.41, 5.74) is 0. The van der Waals surface area contributed by atoms with Crippen LogP contribution in [0, 0.1) is 0 Å². The Morgan fingerprint density at radius 2 is 0.500 bits per heavy atom. The van der Waals surface area contributed by atoms with Gasteiger partial charge in [-0.25, -0.2) is 0 Å². The van der Waals surface area contributed by atoms with Crippen LogP contribution in [0.4, 0.5) is 0 Å². The van der Waals surface area contributed by atoms with E-state index >= 15 is 0 Å². The van der Waals surface area contributed by atoms with Gasteiger partial charge in [0.05, 0.1) is 0 Å². The van der Waals surface area contributed by atoms with Gasteiger partial charge in [-0.2, -0.15) is 0 Å². The molecule has 0 saturated heterocycles. The van der Waals surface area contributed by atoms with Crippen molar-refractivity contribution in [2.24, 2.45) is 0 Å². The predicted molar refractivity (Wildman–Crippen MR) is 54.9 cm³/mol. The molecule has 0 rings (SSSR count). The van der Waals surface area contributed by atoms with E-state index in [4.69, 9.17) is 0 Å². The average molecular weight is 260 g/mol. The first-order chi connectivity index (χ1) is 4.24. The summed E-state index contributed by atoms with van der Waals surface area (Å²) in [7, 11) is 11.2. The molecule has 3 nitrogen and oxygen atoms in total. The van der Waals surface area contributed by atoms with Crippen molar-refractivity contribution in [1.29, 1.82) is 0 Å². The third-order valence-electron chi connectivity index (χ3n) is 0. The molecular formula is C6H24N3Sb. The van der Waals surface area contributed by atoms with Crippen LogP contribution >= 0.6 is 0 Å². The maximum atomic E-state index is 2.75. The summed E-state index contributed by atoms with van der Waals surface area (Å²) in [6, 6.07) is 0. The second-order valence-corrected chi connectivity index (χ2v) is 1.50. The van der Waals surface area contributed by atoms with Gasteiger partial charge in [0.25, 0.3) is 0 Å². The second kappa shape index (κ2) is 53.7. The maximum absolute atomic E-state index is 2.75. The van der Waals surface area contributed by atoms with Crippen molar-refractivity contribution in [2.75, 3.05) is 42.3 Å². The van der Waals surface area contributed by atoms with Crippen molar-refractivity contribution in [3.63, 3.8) is 0 Å². The summed E-state index contributed by atoms with van der Waals surface area (Å²) in [5.74, 6) is 0. The zero-order valence-corrected chi connectivity index (χ0v) is 12.2. The van der Waals surface area contributed by atoms with Crippen LogP contribution in [0.5, 0.6) is 0 Å². The molecule has 0 aliphatic rings. The molecule has 0 amide bonds. The van der Waals surface area contributed by atoms with Crippen LogP contribution in [0.15, 0.2) is 0 Å². The van der Waals surface area contributed by atoms with E-state index in [1.165, 1.54) is 0 Å². The summed E-state index contributed by atoms with van der Waals surface area (Å²) in [5, 5.41) is 8.25. The first kappa shape index (κ1) is 22.4.